The van der Waals surface area contributed by atoms with Crippen LogP contribution in [0, 0.1) is 0 Å². The Morgan fingerprint density at radius 1 is 0.400 bits per heavy atom. The van der Waals surface area contributed by atoms with Crippen molar-refractivity contribution in [2.45, 2.75) is 138 Å². The van der Waals surface area contributed by atoms with E-state index in [-0.39, 0.29) is 24.4 Å². The van der Waals surface area contributed by atoms with E-state index in [4.69, 9.17) is 28.4 Å². The summed E-state index contributed by atoms with van der Waals surface area (Å²) < 4.78 is 39.3. The van der Waals surface area contributed by atoms with Crippen LogP contribution >= 0.6 is 0 Å². The Morgan fingerprint density at radius 2 is 0.767 bits per heavy atom. The summed E-state index contributed by atoms with van der Waals surface area (Å²) in [6.45, 7) is 1.19. The van der Waals surface area contributed by atoms with Crippen LogP contribution in [-0.2, 0) is 28.4 Å². The van der Waals surface area contributed by atoms with Crippen LogP contribution in [0.1, 0.15) is 96.3 Å². The smallest absolute Gasteiger partial charge is 0.169 e. The third kappa shape index (κ3) is 3.65. The molecule has 0 radical (unpaired) electrons. The molecule has 6 fully saturated rings. The second-order valence-corrected chi connectivity index (χ2v) is 10.5. The molecule has 6 rings (SSSR count). The van der Waals surface area contributed by atoms with Gasteiger partial charge >= 0.3 is 0 Å². The van der Waals surface area contributed by atoms with Gasteiger partial charge in [-0.25, -0.2) is 0 Å². The van der Waals surface area contributed by atoms with Gasteiger partial charge in [0.2, 0.25) is 0 Å². The lowest BCUT2D eigenvalue weighted by atomic mass is 9.94. The van der Waals surface area contributed by atoms with Crippen LogP contribution in [-0.4, -0.2) is 55.0 Å². The lowest BCUT2D eigenvalue weighted by molar-refractivity contribution is -0.221. The zero-order valence-electron chi connectivity index (χ0n) is 18.3. The van der Waals surface area contributed by atoms with Gasteiger partial charge in [-0.05, 0) is 38.5 Å². The molecule has 0 N–H and O–H groups in total. The molecule has 0 aromatic rings. The summed E-state index contributed by atoms with van der Waals surface area (Å²) in [7, 11) is 0. The highest BCUT2D eigenvalue weighted by atomic mass is 16.8. The summed E-state index contributed by atoms with van der Waals surface area (Å²) >= 11 is 0. The van der Waals surface area contributed by atoms with E-state index in [1.165, 1.54) is 44.9 Å². The summed E-state index contributed by atoms with van der Waals surface area (Å²) in [4.78, 5) is 0. The third-order valence-corrected chi connectivity index (χ3v) is 8.36. The Bertz CT molecular complexity index is 559. The lowest BCUT2D eigenvalue weighted by Gasteiger charge is -2.34. The van der Waals surface area contributed by atoms with Crippen molar-refractivity contribution in [2.24, 2.45) is 0 Å². The SMILES string of the molecule is C1CCC2(CC1)OCC(C1OC3(CCCCC3)OC1C1COC3(CCCCC3)O1)O2. The van der Waals surface area contributed by atoms with Gasteiger partial charge in [0.15, 0.2) is 17.4 Å². The molecule has 3 saturated heterocycles. The van der Waals surface area contributed by atoms with Gasteiger partial charge < -0.3 is 28.4 Å². The highest BCUT2D eigenvalue weighted by Gasteiger charge is 2.59. The van der Waals surface area contributed by atoms with Crippen LogP contribution in [0.2, 0.25) is 0 Å². The van der Waals surface area contributed by atoms with Crippen molar-refractivity contribution in [3.8, 4) is 0 Å². The predicted octanol–water partition coefficient (Wildman–Crippen LogP) is 4.58. The van der Waals surface area contributed by atoms with Crippen molar-refractivity contribution in [1.82, 2.24) is 0 Å². The van der Waals surface area contributed by atoms with Gasteiger partial charge in [-0.3, -0.25) is 0 Å². The fourth-order valence-corrected chi connectivity index (χ4v) is 6.74. The predicted molar refractivity (Wildman–Crippen MR) is 109 cm³/mol. The fraction of sp³-hybridized carbons (Fsp3) is 1.00. The van der Waals surface area contributed by atoms with E-state index in [1.54, 1.807) is 0 Å². The molecule has 170 valence electrons. The van der Waals surface area contributed by atoms with Crippen molar-refractivity contribution >= 4 is 0 Å². The molecule has 4 atom stereocenters. The fourth-order valence-electron chi connectivity index (χ4n) is 6.74. The van der Waals surface area contributed by atoms with E-state index in [9.17, 15) is 0 Å². The normalized spacial score (nSPS) is 42.4. The molecule has 3 spiro atoms. The maximum absolute atomic E-state index is 6.75. The van der Waals surface area contributed by atoms with Crippen molar-refractivity contribution < 1.29 is 28.4 Å². The molecule has 6 aliphatic rings. The largest absolute Gasteiger partial charge is 0.347 e. The molecule has 6 heteroatoms. The molecule has 0 amide bonds. The molecule has 0 bridgehead atoms. The molecule has 3 aliphatic carbocycles. The highest BCUT2D eigenvalue weighted by molar-refractivity contribution is 5.00. The van der Waals surface area contributed by atoms with Gasteiger partial charge in [0.25, 0.3) is 0 Å². The average molecular weight is 423 g/mol. The van der Waals surface area contributed by atoms with E-state index in [0.29, 0.717) is 13.2 Å². The van der Waals surface area contributed by atoms with Crippen molar-refractivity contribution in [3.63, 3.8) is 0 Å². The minimum Gasteiger partial charge on any atom is -0.347 e. The van der Waals surface area contributed by atoms with Crippen LogP contribution in [0.15, 0.2) is 0 Å². The van der Waals surface area contributed by atoms with Crippen molar-refractivity contribution in [2.75, 3.05) is 13.2 Å². The molecule has 4 unspecified atom stereocenters. The van der Waals surface area contributed by atoms with Gasteiger partial charge in [0, 0.05) is 38.5 Å². The first-order valence-electron chi connectivity index (χ1n) is 12.7. The first-order chi connectivity index (χ1) is 14.7. The van der Waals surface area contributed by atoms with E-state index in [0.717, 1.165) is 51.4 Å². The summed E-state index contributed by atoms with van der Waals surface area (Å²) in [5.41, 5.74) is 0. The van der Waals surface area contributed by atoms with E-state index in [2.05, 4.69) is 0 Å². The summed E-state index contributed by atoms with van der Waals surface area (Å²) in [5, 5.41) is 0. The van der Waals surface area contributed by atoms with Crippen LogP contribution in [0.5, 0.6) is 0 Å². The van der Waals surface area contributed by atoms with Gasteiger partial charge in [-0.15, -0.1) is 0 Å². The first kappa shape index (κ1) is 20.4. The summed E-state index contributed by atoms with van der Waals surface area (Å²) in [6.07, 6.45) is 16.4. The Labute approximate surface area is 180 Å². The maximum Gasteiger partial charge on any atom is 0.169 e. The minimum absolute atomic E-state index is 0.0825. The van der Waals surface area contributed by atoms with E-state index >= 15 is 0 Å². The zero-order chi connectivity index (χ0) is 20.1. The van der Waals surface area contributed by atoms with Gasteiger partial charge in [0.05, 0.1) is 13.2 Å². The number of hydrogen-bond donors (Lipinski definition) is 0. The Kier molecular flexibility index (Phi) is 5.41. The Hall–Kier alpha value is -0.240. The van der Waals surface area contributed by atoms with E-state index in [1.807, 2.05) is 0 Å². The molecule has 6 nitrogen and oxygen atoms in total. The second-order valence-electron chi connectivity index (χ2n) is 10.5. The topological polar surface area (TPSA) is 55.4 Å². The molecule has 3 aliphatic heterocycles. The Morgan fingerprint density at radius 3 is 1.17 bits per heavy atom. The number of rotatable bonds is 2. The molecule has 3 heterocycles. The molecule has 0 aromatic heterocycles. The monoisotopic (exact) mass is 422 g/mol. The standard InChI is InChI=1S/C24H38O6/c1-4-10-22(11-5-1)25-16-18(27-22)20-21(30-24(29-20)14-8-3-9-15-24)19-17-26-23(28-19)12-6-2-7-13-23/h18-21H,1-17H2. The Balaban J connectivity index is 1.21. The second kappa shape index (κ2) is 7.96. The van der Waals surface area contributed by atoms with Gasteiger partial charge in [-0.1, -0.05) is 19.3 Å². The van der Waals surface area contributed by atoms with Crippen LogP contribution in [0.3, 0.4) is 0 Å². The van der Waals surface area contributed by atoms with E-state index < -0.39 is 17.4 Å². The average Bonchev–Trinajstić information content (AvgIpc) is 3.47. The molecule has 30 heavy (non-hydrogen) atoms. The minimum atomic E-state index is -0.467. The summed E-state index contributed by atoms with van der Waals surface area (Å²) in [5.74, 6) is -1.25. The quantitative estimate of drug-likeness (QED) is 0.649. The molecule has 3 saturated carbocycles. The molecular weight excluding hydrogens is 384 g/mol. The van der Waals surface area contributed by atoms with Crippen LogP contribution in [0.25, 0.3) is 0 Å². The van der Waals surface area contributed by atoms with Crippen molar-refractivity contribution in [1.29, 1.82) is 0 Å². The van der Waals surface area contributed by atoms with Crippen molar-refractivity contribution in [3.05, 3.63) is 0 Å². The highest BCUT2D eigenvalue weighted by Crippen LogP contribution is 2.48. The molecular formula is C24H38O6. The van der Waals surface area contributed by atoms with Crippen LogP contribution in [0.4, 0.5) is 0 Å². The summed E-state index contributed by atoms with van der Waals surface area (Å²) in [6, 6.07) is 0. The number of ether oxygens (including phenoxy) is 6. The third-order valence-electron chi connectivity index (χ3n) is 8.36. The maximum atomic E-state index is 6.75. The zero-order valence-corrected chi connectivity index (χ0v) is 18.3. The first-order valence-corrected chi connectivity index (χ1v) is 12.7. The van der Waals surface area contributed by atoms with Gasteiger partial charge in [0.1, 0.15) is 24.4 Å². The van der Waals surface area contributed by atoms with Gasteiger partial charge in [-0.2, -0.15) is 0 Å². The number of hydrogen-bond acceptors (Lipinski definition) is 6. The lowest BCUT2D eigenvalue weighted by Crippen LogP contribution is -2.46. The molecule has 0 aromatic carbocycles. The van der Waals surface area contributed by atoms with Crippen LogP contribution < -0.4 is 0 Å².